The van der Waals surface area contributed by atoms with Crippen LogP contribution in [0.5, 0.6) is 0 Å². The second-order valence-electron chi connectivity index (χ2n) is 7.42. The highest BCUT2D eigenvalue weighted by Gasteiger charge is 2.40. The number of amides is 1. The van der Waals surface area contributed by atoms with Crippen LogP contribution in [0.2, 0.25) is 0 Å². The van der Waals surface area contributed by atoms with Crippen LogP contribution in [-0.2, 0) is 0 Å². The molecule has 5 rings (SSSR count). The second kappa shape index (κ2) is 7.78. The lowest BCUT2D eigenvalue weighted by Crippen LogP contribution is -2.62. The maximum absolute atomic E-state index is 12.8. The van der Waals surface area contributed by atoms with E-state index < -0.39 is 0 Å². The molecule has 0 spiro atoms. The van der Waals surface area contributed by atoms with Gasteiger partial charge in [0, 0.05) is 22.5 Å². The molecule has 2 aromatic rings. The number of ketones is 1. The van der Waals surface area contributed by atoms with E-state index in [0.29, 0.717) is 17.5 Å². The maximum Gasteiger partial charge on any atom is 0.261 e. The Hall–Kier alpha value is -1.63. The van der Waals surface area contributed by atoms with Crippen LogP contribution in [-0.4, -0.2) is 41.8 Å². The molecule has 3 saturated heterocycles. The van der Waals surface area contributed by atoms with Gasteiger partial charge in [0.25, 0.3) is 5.91 Å². The van der Waals surface area contributed by atoms with E-state index in [2.05, 4.69) is 17.1 Å². The third-order valence-corrected chi connectivity index (χ3v) is 7.95. The van der Waals surface area contributed by atoms with Gasteiger partial charge in [-0.05, 0) is 70.0 Å². The first-order valence-electron chi connectivity index (χ1n) is 9.45. The summed E-state index contributed by atoms with van der Waals surface area (Å²) >= 11 is 3.11. The Balaban J connectivity index is 1.42. The molecule has 1 amide bonds. The van der Waals surface area contributed by atoms with Crippen LogP contribution in [0.3, 0.4) is 0 Å². The summed E-state index contributed by atoms with van der Waals surface area (Å²) in [4.78, 5) is 28.6. The zero-order chi connectivity index (χ0) is 19.0. The monoisotopic (exact) mass is 400 g/mol. The predicted octanol–water partition coefficient (Wildman–Crippen LogP) is 4.31. The van der Waals surface area contributed by atoms with Gasteiger partial charge in [0.15, 0.2) is 5.78 Å². The lowest BCUT2D eigenvalue weighted by atomic mass is 9.79. The third-order valence-electron chi connectivity index (χ3n) is 5.74. The molecule has 142 valence electrons. The summed E-state index contributed by atoms with van der Waals surface area (Å²) in [5.41, 5.74) is 0.714. The highest BCUT2D eigenvalue weighted by molar-refractivity contribution is 8.01. The number of rotatable bonds is 5. The summed E-state index contributed by atoms with van der Waals surface area (Å²) < 4.78 is 1.06. The number of carbonyl (C=O) groups is 2. The summed E-state index contributed by atoms with van der Waals surface area (Å²) in [5, 5.41) is 3.29. The highest BCUT2D eigenvalue weighted by Crippen LogP contribution is 2.35. The molecular weight excluding hydrogens is 376 g/mol. The lowest BCUT2D eigenvalue weighted by Gasteiger charge is -2.49. The number of nitrogens with zero attached hydrogens (tertiary/aromatic N) is 1. The predicted molar refractivity (Wildman–Crippen MR) is 110 cm³/mol. The van der Waals surface area contributed by atoms with Crippen molar-refractivity contribution in [2.45, 2.75) is 47.9 Å². The fourth-order valence-electron chi connectivity index (χ4n) is 4.16. The SMILES string of the molecule is CC(=O)c1cccc(Sc2ccc(C(=O)NC3C4CCN(CC4)C3C)s2)c1. The number of Topliss-reactive ketones (excluding diaryl/α,β-unsaturated/α-hetero) is 1. The first-order chi connectivity index (χ1) is 13.0. The third kappa shape index (κ3) is 3.98. The van der Waals surface area contributed by atoms with Crippen molar-refractivity contribution in [3.63, 3.8) is 0 Å². The van der Waals surface area contributed by atoms with Crippen LogP contribution in [0.1, 0.15) is 46.7 Å². The fourth-order valence-corrected chi connectivity index (χ4v) is 6.23. The van der Waals surface area contributed by atoms with Crippen molar-refractivity contribution >= 4 is 34.8 Å². The molecule has 1 aromatic carbocycles. The summed E-state index contributed by atoms with van der Waals surface area (Å²) in [7, 11) is 0. The molecule has 2 unspecified atom stereocenters. The quantitative estimate of drug-likeness (QED) is 0.760. The van der Waals surface area contributed by atoms with Gasteiger partial charge in [-0.3, -0.25) is 14.5 Å². The van der Waals surface area contributed by atoms with Crippen LogP contribution in [0.4, 0.5) is 0 Å². The van der Waals surface area contributed by atoms with E-state index in [4.69, 9.17) is 0 Å². The lowest BCUT2D eigenvalue weighted by molar-refractivity contribution is 0.0218. The van der Waals surface area contributed by atoms with Gasteiger partial charge in [-0.15, -0.1) is 11.3 Å². The van der Waals surface area contributed by atoms with Crippen molar-refractivity contribution in [1.29, 1.82) is 0 Å². The number of fused-ring (bicyclic) bond motifs is 3. The van der Waals surface area contributed by atoms with Crippen LogP contribution < -0.4 is 5.32 Å². The van der Waals surface area contributed by atoms with Gasteiger partial charge in [-0.2, -0.15) is 0 Å². The van der Waals surface area contributed by atoms with Crippen molar-refractivity contribution in [3.8, 4) is 0 Å². The van der Waals surface area contributed by atoms with Crippen molar-refractivity contribution in [3.05, 3.63) is 46.8 Å². The minimum absolute atomic E-state index is 0.0370. The van der Waals surface area contributed by atoms with E-state index in [1.165, 1.54) is 24.2 Å². The first-order valence-corrected chi connectivity index (χ1v) is 11.1. The number of benzene rings is 1. The van der Waals surface area contributed by atoms with E-state index in [0.717, 1.165) is 27.1 Å². The van der Waals surface area contributed by atoms with Gasteiger partial charge in [0.05, 0.1) is 9.09 Å². The summed E-state index contributed by atoms with van der Waals surface area (Å²) in [6, 6.07) is 12.2. The normalized spacial score (nSPS) is 26.7. The van der Waals surface area contributed by atoms with Crippen molar-refractivity contribution in [2.24, 2.45) is 5.92 Å². The maximum atomic E-state index is 12.8. The molecule has 0 aliphatic carbocycles. The highest BCUT2D eigenvalue weighted by atomic mass is 32.2. The Labute approximate surface area is 168 Å². The Morgan fingerprint density at radius 2 is 1.96 bits per heavy atom. The number of carbonyl (C=O) groups excluding carboxylic acids is 2. The molecule has 3 aliphatic heterocycles. The fraction of sp³-hybridized carbons (Fsp3) is 0.429. The van der Waals surface area contributed by atoms with Gasteiger partial charge < -0.3 is 5.32 Å². The number of thiophene rings is 1. The van der Waals surface area contributed by atoms with Gasteiger partial charge in [-0.25, -0.2) is 0 Å². The largest absolute Gasteiger partial charge is 0.347 e. The van der Waals surface area contributed by atoms with E-state index >= 15 is 0 Å². The second-order valence-corrected chi connectivity index (χ2v) is 9.88. The standard InChI is InChI=1S/C21H24N2O2S2/c1-13-20(15-8-10-23(13)11-9-15)22-21(25)18-6-7-19(27-18)26-17-5-3-4-16(12-17)14(2)24/h3-7,12-13,15,20H,8-11H2,1-2H3,(H,22,25). The van der Waals surface area contributed by atoms with E-state index in [9.17, 15) is 9.59 Å². The zero-order valence-corrected chi connectivity index (χ0v) is 17.2. The molecule has 0 radical (unpaired) electrons. The van der Waals surface area contributed by atoms with Crippen LogP contribution in [0.25, 0.3) is 0 Å². The summed E-state index contributed by atoms with van der Waals surface area (Å²) in [6.45, 7) is 6.13. The number of nitrogens with one attached hydrogen (secondary N) is 1. The average molecular weight is 401 g/mol. The zero-order valence-electron chi connectivity index (χ0n) is 15.6. The molecule has 3 fully saturated rings. The molecule has 27 heavy (non-hydrogen) atoms. The Morgan fingerprint density at radius 1 is 1.19 bits per heavy atom. The number of hydrogen-bond acceptors (Lipinski definition) is 5. The van der Waals surface area contributed by atoms with Gasteiger partial charge in [0.2, 0.25) is 0 Å². The summed E-state index contributed by atoms with van der Waals surface area (Å²) in [6.07, 6.45) is 2.38. The molecule has 3 aliphatic rings. The molecule has 4 heterocycles. The van der Waals surface area contributed by atoms with Crippen LogP contribution in [0.15, 0.2) is 45.5 Å². The first kappa shape index (κ1) is 18.7. The number of hydrogen-bond donors (Lipinski definition) is 1. The van der Waals surface area contributed by atoms with Gasteiger partial charge in [-0.1, -0.05) is 23.9 Å². The molecule has 2 atom stereocenters. The van der Waals surface area contributed by atoms with Gasteiger partial charge in [0.1, 0.15) is 0 Å². The van der Waals surface area contributed by atoms with E-state index in [1.807, 2.05) is 36.4 Å². The topological polar surface area (TPSA) is 49.4 Å². The van der Waals surface area contributed by atoms with Crippen molar-refractivity contribution in [1.82, 2.24) is 10.2 Å². The molecule has 2 bridgehead atoms. The molecular formula is C21H24N2O2S2. The van der Waals surface area contributed by atoms with Crippen LogP contribution in [0, 0.1) is 5.92 Å². The molecule has 6 heteroatoms. The Kier molecular flexibility index (Phi) is 5.39. The van der Waals surface area contributed by atoms with Crippen LogP contribution >= 0.6 is 23.1 Å². The minimum atomic E-state index is 0.0370. The average Bonchev–Trinajstić information content (AvgIpc) is 3.14. The van der Waals surface area contributed by atoms with E-state index in [1.54, 1.807) is 18.7 Å². The van der Waals surface area contributed by atoms with Gasteiger partial charge >= 0.3 is 0 Å². The molecule has 1 N–H and O–H groups in total. The van der Waals surface area contributed by atoms with E-state index in [-0.39, 0.29) is 17.7 Å². The molecule has 4 nitrogen and oxygen atoms in total. The van der Waals surface area contributed by atoms with Crippen molar-refractivity contribution in [2.75, 3.05) is 13.1 Å². The number of piperidine rings is 3. The van der Waals surface area contributed by atoms with Crippen molar-refractivity contribution < 1.29 is 9.59 Å². The minimum Gasteiger partial charge on any atom is -0.347 e. The molecule has 0 saturated carbocycles. The molecule has 1 aromatic heterocycles. The Morgan fingerprint density at radius 3 is 2.67 bits per heavy atom. The summed E-state index contributed by atoms with van der Waals surface area (Å²) in [5.74, 6) is 0.711. The smallest absolute Gasteiger partial charge is 0.261 e. The Bertz CT molecular complexity index is 853.